The second-order valence-electron chi connectivity index (χ2n) is 6.32. The molecule has 1 fully saturated rings. The molecule has 0 saturated carbocycles. The highest BCUT2D eigenvalue weighted by Gasteiger charge is 2.42. The van der Waals surface area contributed by atoms with Gasteiger partial charge in [0.05, 0.1) is 18.1 Å². The lowest BCUT2D eigenvalue weighted by molar-refractivity contribution is 0.0551. The molecule has 1 aromatic rings. The lowest BCUT2D eigenvalue weighted by Gasteiger charge is -2.20. The van der Waals surface area contributed by atoms with Crippen molar-refractivity contribution in [3.05, 3.63) is 5.82 Å². The Morgan fingerprint density at radius 1 is 1.24 bits per heavy atom. The first kappa shape index (κ1) is 16.4. The molecule has 0 spiro atoms. The summed E-state index contributed by atoms with van der Waals surface area (Å²) in [6.45, 7) is 10.6. The van der Waals surface area contributed by atoms with Gasteiger partial charge in [0, 0.05) is 6.54 Å². The summed E-state index contributed by atoms with van der Waals surface area (Å²) in [4.78, 5) is 0. The van der Waals surface area contributed by atoms with Crippen molar-refractivity contribution in [1.82, 2.24) is 14.8 Å². The van der Waals surface area contributed by atoms with Gasteiger partial charge in [0.2, 0.25) is 0 Å². The number of rotatable bonds is 4. The van der Waals surface area contributed by atoms with Gasteiger partial charge in [0.15, 0.2) is 0 Å². The molecule has 4 unspecified atom stereocenters. The molecule has 120 valence electrons. The van der Waals surface area contributed by atoms with Crippen LogP contribution in [0.25, 0.3) is 0 Å². The molecule has 7 nitrogen and oxygen atoms in total. The molecular formula is C13H24N4O3S. The molecule has 1 aromatic heterocycles. The van der Waals surface area contributed by atoms with Crippen LogP contribution >= 0.6 is 0 Å². The van der Waals surface area contributed by atoms with Gasteiger partial charge in [-0.2, -0.15) is 0 Å². The van der Waals surface area contributed by atoms with Crippen molar-refractivity contribution in [2.75, 3.05) is 0 Å². The van der Waals surface area contributed by atoms with E-state index in [0.29, 0.717) is 12.4 Å². The maximum atomic E-state index is 11.7. The van der Waals surface area contributed by atoms with Crippen molar-refractivity contribution in [1.29, 1.82) is 0 Å². The lowest BCUT2D eigenvalue weighted by atomic mass is 9.89. The smallest absolute Gasteiger partial charge is 0.273 e. The van der Waals surface area contributed by atoms with Crippen LogP contribution in [0.1, 0.15) is 46.4 Å². The molecule has 0 bridgehead atoms. The minimum Gasteiger partial charge on any atom is -0.374 e. The van der Waals surface area contributed by atoms with E-state index in [0.717, 1.165) is 0 Å². The zero-order valence-electron chi connectivity index (χ0n) is 13.1. The van der Waals surface area contributed by atoms with Crippen LogP contribution in [-0.2, 0) is 21.3 Å². The summed E-state index contributed by atoms with van der Waals surface area (Å²) in [5, 5.41) is 13.0. The summed E-state index contributed by atoms with van der Waals surface area (Å²) in [7, 11) is -3.89. The fraction of sp³-hybridized carbons (Fsp3) is 0.846. The Bertz CT molecular complexity index is 611. The van der Waals surface area contributed by atoms with Crippen molar-refractivity contribution in [2.45, 2.75) is 64.4 Å². The van der Waals surface area contributed by atoms with Crippen LogP contribution in [0.15, 0.2) is 5.16 Å². The van der Waals surface area contributed by atoms with E-state index in [1.54, 1.807) is 4.57 Å². The number of ether oxygens (including phenoxy) is 1. The highest BCUT2D eigenvalue weighted by Crippen LogP contribution is 2.39. The summed E-state index contributed by atoms with van der Waals surface area (Å²) >= 11 is 0. The van der Waals surface area contributed by atoms with Gasteiger partial charge in [0.1, 0.15) is 5.82 Å². The van der Waals surface area contributed by atoms with E-state index in [9.17, 15) is 8.42 Å². The topological polar surface area (TPSA) is 100 Å². The van der Waals surface area contributed by atoms with E-state index >= 15 is 0 Å². The van der Waals surface area contributed by atoms with Gasteiger partial charge in [-0.05, 0) is 25.7 Å². The average molecular weight is 316 g/mol. The van der Waals surface area contributed by atoms with Gasteiger partial charge in [-0.1, -0.05) is 20.8 Å². The zero-order chi connectivity index (χ0) is 15.9. The molecule has 0 radical (unpaired) electrons. The van der Waals surface area contributed by atoms with Crippen LogP contribution in [-0.4, -0.2) is 35.4 Å². The van der Waals surface area contributed by atoms with E-state index in [2.05, 4.69) is 17.1 Å². The Morgan fingerprint density at radius 3 is 2.29 bits per heavy atom. The second-order valence-corrected chi connectivity index (χ2v) is 7.78. The number of nitrogens with zero attached hydrogens (tertiary/aromatic N) is 3. The number of nitrogens with two attached hydrogens (primary N) is 1. The Kier molecular flexibility index (Phi) is 4.41. The average Bonchev–Trinajstić information content (AvgIpc) is 2.81. The summed E-state index contributed by atoms with van der Waals surface area (Å²) in [5.74, 6) is 1.16. The van der Waals surface area contributed by atoms with Crippen molar-refractivity contribution in [3.63, 3.8) is 0 Å². The van der Waals surface area contributed by atoms with Crippen LogP contribution in [0.2, 0.25) is 0 Å². The molecule has 2 rings (SSSR count). The Hall–Kier alpha value is -0.990. The van der Waals surface area contributed by atoms with E-state index in [1.807, 2.05) is 27.7 Å². The minimum atomic E-state index is -3.89. The Labute approximate surface area is 125 Å². The zero-order valence-corrected chi connectivity index (χ0v) is 14.0. The van der Waals surface area contributed by atoms with Gasteiger partial charge in [0.25, 0.3) is 15.2 Å². The number of primary sulfonamides is 1. The van der Waals surface area contributed by atoms with Gasteiger partial charge < -0.3 is 9.30 Å². The van der Waals surface area contributed by atoms with E-state index in [1.165, 1.54) is 0 Å². The predicted octanol–water partition coefficient (Wildman–Crippen LogP) is 1.11. The molecule has 4 atom stereocenters. The van der Waals surface area contributed by atoms with E-state index in [-0.39, 0.29) is 35.1 Å². The molecule has 21 heavy (non-hydrogen) atoms. The first-order valence-electron chi connectivity index (χ1n) is 7.24. The fourth-order valence-electron chi connectivity index (χ4n) is 3.01. The maximum Gasteiger partial charge on any atom is 0.273 e. The van der Waals surface area contributed by atoms with Crippen molar-refractivity contribution in [3.8, 4) is 0 Å². The van der Waals surface area contributed by atoms with Crippen LogP contribution in [0, 0.1) is 11.8 Å². The van der Waals surface area contributed by atoms with Crippen molar-refractivity contribution >= 4 is 10.0 Å². The number of hydrogen-bond acceptors (Lipinski definition) is 5. The monoisotopic (exact) mass is 316 g/mol. The molecule has 1 aliphatic heterocycles. The molecule has 2 N–H and O–H groups in total. The van der Waals surface area contributed by atoms with Gasteiger partial charge >= 0.3 is 0 Å². The quantitative estimate of drug-likeness (QED) is 0.896. The lowest BCUT2D eigenvalue weighted by Crippen LogP contribution is -2.25. The van der Waals surface area contributed by atoms with Crippen LogP contribution in [0.5, 0.6) is 0 Å². The molecule has 1 saturated heterocycles. The van der Waals surface area contributed by atoms with Crippen LogP contribution in [0.4, 0.5) is 0 Å². The summed E-state index contributed by atoms with van der Waals surface area (Å²) in [6, 6.07) is 0. The van der Waals surface area contributed by atoms with Crippen LogP contribution in [0.3, 0.4) is 0 Å². The number of sulfonamides is 1. The Balaban J connectivity index is 2.52. The number of aromatic nitrogens is 3. The van der Waals surface area contributed by atoms with Crippen molar-refractivity contribution < 1.29 is 13.2 Å². The minimum absolute atomic E-state index is 0.0155. The highest BCUT2D eigenvalue weighted by molar-refractivity contribution is 7.89. The molecule has 0 aromatic carbocycles. The summed E-state index contributed by atoms with van der Waals surface area (Å²) in [6.07, 6.45) is 0.0746. The Morgan fingerprint density at radius 2 is 1.86 bits per heavy atom. The molecule has 0 amide bonds. The molecule has 8 heteroatoms. The largest absolute Gasteiger partial charge is 0.374 e. The second kappa shape index (κ2) is 5.66. The van der Waals surface area contributed by atoms with Gasteiger partial charge in [-0.25, -0.2) is 13.6 Å². The van der Waals surface area contributed by atoms with Gasteiger partial charge in [-0.3, -0.25) is 0 Å². The van der Waals surface area contributed by atoms with Crippen molar-refractivity contribution in [2.24, 2.45) is 17.0 Å². The van der Waals surface area contributed by atoms with E-state index in [4.69, 9.17) is 9.88 Å². The summed E-state index contributed by atoms with van der Waals surface area (Å²) in [5.41, 5.74) is 0. The van der Waals surface area contributed by atoms with Gasteiger partial charge in [-0.15, -0.1) is 10.2 Å². The molecule has 1 aliphatic rings. The SMILES string of the molecule is CC(C)Cn1c(C2C(C)OC(C)C2C)nnc1S(N)(=O)=O. The highest BCUT2D eigenvalue weighted by atomic mass is 32.2. The third-order valence-electron chi connectivity index (χ3n) is 4.09. The normalized spacial score (nSPS) is 30.2. The third-order valence-corrected chi connectivity index (χ3v) is 4.90. The summed E-state index contributed by atoms with van der Waals surface area (Å²) < 4.78 is 30.9. The number of hydrogen-bond donors (Lipinski definition) is 1. The molecular weight excluding hydrogens is 292 g/mol. The first-order valence-corrected chi connectivity index (χ1v) is 8.79. The first-order chi connectivity index (χ1) is 9.62. The maximum absolute atomic E-state index is 11.7. The van der Waals surface area contributed by atoms with Crippen LogP contribution < -0.4 is 5.14 Å². The predicted molar refractivity (Wildman–Crippen MR) is 78.1 cm³/mol. The fourth-order valence-corrected chi connectivity index (χ4v) is 3.64. The van der Waals surface area contributed by atoms with E-state index < -0.39 is 10.0 Å². The molecule has 2 heterocycles. The third kappa shape index (κ3) is 3.12. The molecule has 0 aliphatic carbocycles. The standard InChI is InChI=1S/C13H24N4O3S/c1-7(2)6-17-12(15-16-13(17)21(14,18)19)11-8(3)9(4)20-10(11)5/h7-11H,6H2,1-5H3,(H2,14,18,19).